The molecule has 1 aromatic rings. The fourth-order valence-electron chi connectivity index (χ4n) is 2.37. The molecule has 1 aromatic heterocycles. The van der Waals surface area contributed by atoms with E-state index in [2.05, 4.69) is 4.98 Å². The molecule has 104 valence electrons. The van der Waals surface area contributed by atoms with Crippen LogP contribution in [0.4, 0.5) is 0 Å². The molecule has 0 radical (unpaired) electrons. The summed E-state index contributed by atoms with van der Waals surface area (Å²) in [7, 11) is 0. The molecule has 0 saturated carbocycles. The van der Waals surface area contributed by atoms with E-state index in [1.165, 1.54) is 0 Å². The molecule has 0 aromatic carbocycles. The van der Waals surface area contributed by atoms with E-state index in [9.17, 15) is 4.79 Å². The number of pyridine rings is 1. The molecule has 0 atom stereocenters. The summed E-state index contributed by atoms with van der Waals surface area (Å²) in [5, 5.41) is 0. The Morgan fingerprint density at radius 3 is 2.89 bits per heavy atom. The molecule has 5 nitrogen and oxygen atoms in total. The van der Waals surface area contributed by atoms with Crippen molar-refractivity contribution in [1.29, 1.82) is 0 Å². The second-order valence-corrected chi connectivity index (χ2v) is 4.69. The van der Waals surface area contributed by atoms with Gasteiger partial charge in [-0.1, -0.05) is 0 Å². The summed E-state index contributed by atoms with van der Waals surface area (Å²) < 4.78 is 5.59. The average Bonchev–Trinajstić information content (AvgIpc) is 2.48. The molecule has 1 aliphatic rings. The van der Waals surface area contributed by atoms with Crippen molar-refractivity contribution in [3.63, 3.8) is 0 Å². The molecule has 1 aliphatic heterocycles. The molecule has 2 N–H and O–H groups in total. The number of hydrogen-bond donors (Lipinski definition) is 1. The molecule has 0 aliphatic carbocycles. The van der Waals surface area contributed by atoms with Crippen LogP contribution in [0.3, 0.4) is 0 Å². The van der Waals surface area contributed by atoms with Gasteiger partial charge in [-0.25, -0.2) is 0 Å². The van der Waals surface area contributed by atoms with Crippen LogP contribution < -0.4 is 5.73 Å². The number of carbonyl (C=O) groups excluding carboxylic acids is 1. The van der Waals surface area contributed by atoms with Crippen molar-refractivity contribution in [3.05, 3.63) is 29.6 Å². The molecule has 19 heavy (non-hydrogen) atoms. The molecular formula is C14H21N3O2. The van der Waals surface area contributed by atoms with Gasteiger partial charge in [0.05, 0.1) is 11.8 Å². The van der Waals surface area contributed by atoms with Gasteiger partial charge in [0.25, 0.3) is 5.91 Å². The zero-order chi connectivity index (χ0) is 13.7. The molecule has 1 fully saturated rings. The molecule has 1 amide bonds. The molecule has 2 heterocycles. The van der Waals surface area contributed by atoms with Crippen molar-refractivity contribution in [2.75, 3.05) is 19.7 Å². The molecule has 2 rings (SSSR count). The van der Waals surface area contributed by atoms with Crippen LogP contribution in [-0.2, 0) is 11.3 Å². The number of nitrogens with zero attached hydrogens (tertiary/aromatic N) is 2. The first kappa shape index (κ1) is 14.0. The van der Waals surface area contributed by atoms with Crippen LogP contribution in [-0.4, -0.2) is 41.6 Å². The number of carbonyl (C=O) groups is 1. The fraction of sp³-hybridized carbons (Fsp3) is 0.571. The normalized spacial score (nSPS) is 16.6. The van der Waals surface area contributed by atoms with Crippen molar-refractivity contribution in [2.24, 2.45) is 5.73 Å². The van der Waals surface area contributed by atoms with Crippen LogP contribution in [0.25, 0.3) is 0 Å². The third-order valence-electron chi connectivity index (χ3n) is 3.40. The van der Waals surface area contributed by atoms with Gasteiger partial charge in [0, 0.05) is 38.0 Å². The molecule has 0 bridgehead atoms. The second kappa shape index (κ2) is 6.63. The molecule has 0 unspecified atom stereocenters. The van der Waals surface area contributed by atoms with Crippen LogP contribution in [0.15, 0.2) is 18.3 Å². The van der Waals surface area contributed by atoms with Crippen molar-refractivity contribution < 1.29 is 9.53 Å². The van der Waals surface area contributed by atoms with Gasteiger partial charge in [-0.3, -0.25) is 9.78 Å². The van der Waals surface area contributed by atoms with Crippen molar-refractivity contribution in [1.82, 2.24) is 9.88 Å². The SMILES string of the molecule is CCOC1CCN(C(=O)c2ccnc(CN)c2)CC1. The van der Waals surface area contributed by atoms with Crippen LogP contribution in [0.5, 0.6) is 0 Å². The van der Waals surface area contributed by atoms with E-state index in [1.54, 1.807) is 18.3 Å². The number of aromatic nitrogens is 1. The highest BCUT2D eigenvalue weighted by Crippen LogP contribution is 2.16. The maximum atomic E-state index is 12.3. The van der Waals surface area contributed by atoms with Gasteiger partial charge in [0.1, 0.15) is 0 Å². The minimum Gasteiger partial charge on any atom is -0.378 e. The third kappa shape index (κ3) is 3.52. The van der Waals surface area contributed by atoms with Crippen LogP contribution in [0, 0.1) is 0 Å². The van der Waals surface area contributed by atoms with Gasteiger partial charge in [0.15, 0.2) is 0 Å². The largest absolute Gasteiger partial charge is 0.378 e. The summed E-state index contributed by atoms with van der Waals surface area (Å²) in [6, 6.07) is 3.52. The summed E-state index contributed by atoms with van der Waals surface area (Å²) >= 11 is 0. The van der Waals surface area contributed by atoms with Crippen LogP contribution >= 0.6 is 0 Å². The third-order valence-corrected chi connectivity index (χ3v) is 3.40. The van der Waals surface area contributed by atoms with Crippen molar-refractivity contribution >= 4 is 5.91 Å². The molecule has 0 spiro atoms. The maximum absolute atomic E-state index is 12.3. The summed E-state index contributed by atoms with van der Waals surface area (Å²) in [5.41, 5.74) is 6.96. The van der Waals surface area contributed by atoms with Crippen LogP contribution in [0.1, 0.15) is 35.8 Å². The lowest BCUT2D eigenvalue weighted by Crippen LogP contribution is -2.41. The molecular weight excluding hydrogens is 242 g/mol. The second-order valence-electron chi connectivity index (χ2n) is 4.69. The lowest BCUT2D eigenvalue weighted by molar-refractivity contribution is 0.0146. The summed E-state index contributed by atoms with van der Waals surface area (Å²) in [5.74, 6) is 0.0621. The van der Waals surface area contributed by atoms with E-state index in [0.717, 1.165) is 38.2 Å². The minimum atomic E-state index is 0.0621. The zero-order valence-corrected chi connectivity index (χ0v) is 11.3. The molecule has 5 heteroatoms. The fourth-order valence-corrected chi connectivity index (χ4v) is 2.37. The standard InChI is InChI=1S/C14H21N3O2/c1-2-19-13-4-7-17(8-5-13)14(18)11-3-6-16-12(9-11)10-15/h3,6,9,13H,2,4-5,7-8,10,15H2,1H3. The lowest BCUT2D eigenvalue weighted by atomic mass is 10.1. The number of hydrogen-bond acceptors (Lipinski definition) is 4. The predicted molar refractivity (Wildman–Crippen MR) is 72.7 cm³/mol. The summed E-state index contributed by atoms with van der Waals surface area (Å²) in [4.78, 5) is 18.3. The Morgan fingerprint density at radius 2 is 2.26 bits per heavy atom. The first-order chi connectivity index (χ1) is 9.24. The number of nitrogens with two attached hydrogens (primary N) is 1. The van der Waals surface area contributed by atoms with Gasteiger partial charge < -0.3 is 15.4 Å². The van der Waals surface area contributed by atoms with E-state index >= 15 is 0 Å². The van der Waals surface area contributed by atoms with Crippen molar-refractivity contribution in [3.8, 4) is 0 Å². The van der Waals surface area contributed by atoms with E-state index < -0.39 is 0 Å². The van der Waals surface area contributed by atoms with Crippen molar-refractivity contribution in [2.45, 2.75) is 32.4 Å². The van der Waals surface area contributed by atoms with Gasteiger partial charge >= 0.3 is 0 Å². The Hall–Kier alpha value is -1.46. The molecule has 1 saturated heterocycles. The summed E-state index contributed by atoms with van der Waals surface area (Å²) in [6.07, 6.45) is 3.76. The number of rotatable bonds is 4. The number of ether oxygens (including phenoxy) is 1. The summed E-state index contributed by atoms with van der Waals surface area (Å²) in [6.45, 7) is 4.60. The Labute approximate surface area is 113 Å². The Bertz CT molecular complexity index is 428. The van der Waals surface area contributed by atoms with E-state index in [1.807, 2.05) is 11.8 Å². The number of piperidine rings is 1. The van der Waals surface area contributed by atoms with Gasteiger partial charge in [0.2, 0.25) is 0 Å². The average molecular weight is 263 g/mol. The highest BCUT2D eigenvalue weighted by molar-refractivity contribution is 5.94. The van der Waals surface area contributed by atoms with E-state index in [-0.39, 0.29) is 5.91 Å². The lowest BCUT2D eigenvalue weighted by Gasteiger charge is -2.31. The monoisotopic (exact) mass is 263 g/mol. The van der Waals surface area contributed by atoms with E-state index in [4.69, 9.17) is 10.5 Å². The highest BCUT2D eigenvalue weighted by atomic mass is 16.5. The zero-order valence-electron chi connectivity index (χ0n) is 11.3. The topological polar surface area (TPSA) is 68.5 Å². The Balaban J connectivity index is 1.97. The number of amides is 1. The van der Waals surface area contributed by atoms with Gasteiger partial charge in [-0.05, 0) is 31.9 Å². The predicted octanol–water partition coefficient (Wildman–Crippen LogP) is 1.18. The quantitative estimate of drug-likeness (QED) is 0.885. The highest BCUT2D eigenvalue weighted by Gasteiger charge is 2.23. The maximum Gasteiger partial charge on any atom is 0.253 e. The minimum absolute atomic E-state index is 0.0621. The Morgan fingerprint density at radius 1 is 1.53 bits per heavy atom. The Kier molecular flexibility index (Phi) is 4.87. The first-order valence-electron chi connectivity index (χ1n) is 6.80. The number of likely N-dealkylation sites (tertiary alicyclic amines) is 1. The van der Waals surface area contributed by atoms with E-state index in [0.29, 0.717) is 18.2 Å². The first-order valence-corrected chi connectivity index (χ1v) is 6.80. The van der Waals surface area contributed by atoms with Gasteiger partial charge in [-0.2, -0.15) is 0 Å². The van der Waals surface area contributed by atoms with Gasteiger partial charge in [-0.15, -0.1) is 0 Å². The smallest absolute Gasteiger partial charge is 0.253 e. The van der Waals surface area contributed by atoms with Crippen LogP contribution in [0.2, 0.25) is 0 Å².